The number of rotatable bonds is 10. The molecule has 136 valence electrons. The molecule has 0 amide bonds. The normalized spacial score (nSPS) is 18.3. The summed E-state index contributed by atoms with van der Waals surface area (Å²) in [5.74, 6) is 0. The van der Waals surface area contributed by atoms with Gasteiger partial charge < -0.3 is 9.80 Å². The first-order valence-electron chi connectivity index (χ1n) is 7.61. The number of hydrogen-bond donors (Lipinski definition) is 0. The highest BCUT2D eigenvalue weighted by Gasteiger charge is 2.39. The van der Waals surface area contributed by atoms with Crippen LogP contribution in [-0.2, 0) is 0 Å². The minimum Gasteiger partial charge on any atom is -0.355 e. The van der Waals surface area contributed by atoms with Crippen molar-refractivity contribution in [3.63, 3.8) is 0 Å². The first-order chi connectivity index (χ1) is 11.8. The third-order valence-corrected chi connectivity index (χ3v) is 3.52. The minimum absolute atomic E-state index is 0.0794. The zero-order chi connectivity index (χ0) is 19.0. The van der Waals surface area contributed by atoms with Gasteiger partial charge in [0.25, 0.3) is 11.4 Å². The van der Waals surface area contributed by atoms with Gasteiger partial charge in [-0.3, -0.25) is 25.1 Å². The Morgan fingerprint density at radius 3 is 2.40 bits per heavy atom. The molecule has 9 heteroatoms. The Balaban J connectivity index is 3.39. The first-order valence-corrected chi connectivity index (χ1v) is 7.61. The summed E-state index contributed by atoms with van der Waals surface area (Å²) in [5, 5.41) is 22.6. The van der Waals surface area contributed by atoms with E-state index < -0.39 is 16.0 Å². The van der Waals surface area contributed by atoms with E-state index in [-0.39, 0.29) is 17.9 Å². The molecule has 1 unspecified atom stereocenters. The molecular formula is C16H23N5O4. The summed E-state index contributed by atoms with van der Waals surface area (Å²) in [5.41, 5.74) is -0.194. The van der Waals surface area contributed by atoms with Gasteiger partial charge in [0.2, 0.25) is 0 Å². The van der Waals surface area contributed by atoms with Gasteiger partial charge in [0.05, 0.1) is 28.9 Å². The molecule has 0 radical (unpaired) electrons. The molecule has 0 fully saturated rings. The Bertz CT molecular complexity index is 614. The smallest absolute Gasteiger partial charge is 0.299 e. The fourth-order valence-corrected chi connectivity index (χ4v) is 2.57. The summed E-state index contributed by atoms with van der Waals surface area (Å²) in [7, 11) is 0. The molecular weight excluding hydrogens is 326 g/mol. The third-order valence-electron chi connectivity index (χ3n) is 3.52. The maximum atomic E-state index is 11.6. The summed E-state index contributed by atoms with van der Waals surface area (Å²) >= 11 is 0. The van der Waals surface area contributed by atoms with Crippen molar-refractivity contribution in [2.75, 3.05) is 26.3 Å². The molecule has 0 saturated carbocycles. The fraction of sp³-hybridized carbons (Fsp3) is 0.375. The fourth-order valence-electron chi connectivity index (χ4n) is 2.57. The van der Waals surface area contributed by atoms with Gasteiger partial charge in [-0.25, -0.2) is 0 Å². The van der Waals surface area contributed by atoms with E-state index in [9.17, 15) is 20.2 Å². The second kappa shape index (κ2) is 9.38. The van der Waals surface area contributed by atoms with Crippen molar-refractivity contribution >= 4 is 0 Å². The third kappa shape index (κ3) is 5.28. The SMILES string of the molecule is C=CCN1C=C([N+](=O)[O-])C(N(/C=C(\C)[N+](=O)[O-])CC=C)N(CC=C)C1. The lowest BCUT2D eigenvalue weighted by molar-refractivity contribution is -0.441. The number of allylic oxidation sites excluding steroid dienone is 1. The van der Waals surface area contributed by atoms with Gasteiger partial charge in [-0.15, -0.1) is 19.7 Å². The van der Waals surface area contributed by atoms with Crippen molar-refractivity contribution in [1.82, 2.24) is 14.7 Å². The van der Waals surface area contributed by atoms with Crippen LogP contribution in [0.3, 0.4) is 0 Å². The summed E-state index contributed by atoms with van der Waals surface area (Å²) in [6.07, 6.45) is 6.82. The van der Waals surface area contributed by atoms with Crippen molar-refractivity contribution in [2.24, 2.45) is 0 Å². The molecule has 0 aromatic carbocycles. The molecule has 0 N–H and O–H groups in total. The Labute approximate surface area is 146 Å². The molecule has 9 nitrogen and oxygen atoms in total. The van der Waals surface area contributed by atoms with Gasteiger partial charge in [-0.2, -0.15) is 0 Å². The van der Waals surface area contributed by atoms with Crippen molar-refractivity contribution in [3.8, 4) is 0 Å². The Morgan fingerprint density at radius 1 is 1.28 bits per heavy atom. The molecule has 0 aromatic heterocycles. The lowest BCUT2D eigenvalue weighted by atomic mass is 10.2. The van der Waals surface area contributed by atoms with Gasteiger partial charge in [0, 0.05) is 26.6 Å². The molecule has 0 bridgehead atoms. The Hall–Kier alpha value is -2.94. The van der Waals surface area contributed by atoms with Crippen molar-refractivity contribution in [1.29, 1.82) is 0 Å². The van der Waals surface area contributed by atoms with Crippen molar-refractivity contribution < 1.29 is 9.85 Å². The van der Waals surface area contributed by atoms with E-state index in [0.717, 1.165) is 0 Å². The van der Waals surface area contributed by atoms with Gasteiger partial charge in [-0.05, 0) is 0 Å². The van der Waals surface area contributed by atoms with Crippen LogP contribution in [0, 0.1) is 20.2 Å². The predicted molar refractivity (Wildman–Crippen MR) is 95.2 cm³/mol. The number of nitro groups is 2. The average Bonchev–Trinajstić information content (AvgIpc) is 2.54. The van der Waals surface area contributed by atoms with E-state index in [1.54, 1.807) is 23.1 Å². The quantitative estimate of drug-likeness (QED) is 0.338. The largest absolute Gasteiger partial charge is 0.355 e. The molecule has 1 atom stereocenters. The van der Waals surface area contributed by atoms with Gasteiger partial charge in [-0.1, -0.05) is 18.2 Å². The van der Waals surface area contributed by atoms with E-state index in [0.29, 0.717) is 19.8 Å². The molecule has 0 aliphatic carbocycles. The van der Waals surface area contributed by atoms with E-state index in [2.05, 4.69) is 19.7 Å². The van der Waals surface area contributed by atoms with Crippen LogP contribution < -0.4 is 0 Å². The van der Waals surface area contributed by atoms with Crippen LogP contribution in [0.5, 0.6) is 0 Å². The van der Waals surface area contributed by atoms with E-state index in [1.807, 2.05) is 4.90 Å². The summed E-state index contributed by atoms with van der Waals surface area (Å²) < 4.78 is 0. The molecule has 1 aliphatic heterocycles. The van der Waals surface area contributed by atoms with E-state index in [4.69, 9.17) is 0 Å². The highest BCUT2D eigenvalue weighted by Crippen LogP contribution is 2.23. The highest BCUT2D eigenvalue weighted by atomic mass is 16.6. The number of nitrogens with zero attached hydrogens (tertiary/aromatic N) is 5. The lowest BCUT2D eigenvalue weighted by Gasteiger charge is -2.41. The van der Waals surface area contributed by atoms with Gasteiger partial charge in [0.15, 0.2) is 6.17 Å². The second-order valence-electron chi connectivity index (χ2n) is 5.46. The summed E-state index contributed by atoms with van der Waals surface area (Å²) in [4.78, 5) is 26.7. The zero-order valence-electron chi connectivity index (χ0n) is 14.3. The maximum absolute atomic E-state index is 11.6. The molecule has 1 heterocycles. The molecule has 0 saturated heterocycles. The molecule has 1 aliphatic rings. The van der Waals surface area contributed by atoms with Gasteiger partial charge in [0.1, 0.15) is 0 Å². The highest BCUT2D eigenvalue weighted by molar-refractivity contribution is 5.11. The monoisotopic (exact) mass is 349 g/mol. The standard InChI is InChI=1S/C16H23N5O4/c1-5-8-17-12-15(21(24)25)16(19(13-17)10-7-3)18(9-6-2)11-14(4)20(22)23/h5-7,11-12,16H,1-3,8-10,13H2,4H3/b14-11+. The van der Waals surface area contributed by atoms with Crippen LogP contribution in [0.15, 0.2) is 61.8 Å². The second-order valence-corrected chi connectivity index (χ2v) is 5.46. The zero-order valence-corrected chi connectivity index (χ0v) is 14.3. The van der Waals surface area contributed by atoms with Gasteiger partial charge >= 0.3 is 0 Å². The number of hydrogen-bond acceptors (Lipinski definition) is 7. The molecule has 25 heavy (non-hydrogen) atoms. The Morgan fingerprint density at radius 2 is 1.92 bits per heavy atom. The lowest BCUT2D eigenvalue weighted by Crippen LogP contribution is -2.55. The van der Waals surface area contributed by atoms with E-state index >= 15 is 0 Å². The average molecular weight is 349 g/mol. The summed E-state index contributed by atoms with van der Waals surface area (Å²) in [6.45, 7) is 13.8. The van der Waals surface area contributed by atoms with Crippen molar-refractivity contribution in [3.05, 3.63) is 82.0 Å². The Kier molecular flexibility index (Phi) is 7.54. The first kappa shape index (κ1) is 20.1. The van der Waals surface area contributed by atoms with Crippen molar-refractivity contribution in [2.45, 2.75) is 13.1 Å². The maximum Gasteiger partial charge on any atom is 0.299 e. The topological polar surface area (TPSA) is 96.0 Å². The molecule has 0 aromatic rings. The minimum atomic E-state index is -0.776. The van der Waals surface area contributed by atoms with Crippen LogP contribution in [0.1, 0.15) is 6.92 Å². The molecule has 0 spiro atoms. The summed E-state index contributed by atoms with van der Waals surface area (Å²) in [6, 6.07) is 0. The van der Waals surface area contributed by atoms with Crippen LogP contribution >= 0.6 is 0 Å². The van der Waals surface area contributed by atoms with Crippen LogP contribution in [0.2, 0.25) is 0 Å². The van der Waals surface area contributed by atoms with Crippen LogP contribution in [0.25, 0.3) is 0 Å². The predicted octanol–water partition coefficient (Wildman–Crippen LogP) is 2.00. The van der Waals surface area contributed by atoms with Crippen LogP contribution in [0.4, 0.5) is 0 Å². The van der Waals surface area contributed by atoms with E-state index in [1.165, 1.54) is 24.2 Å². The molecule has 1 rings (SSSR count). The van der Waals surface area contributed by atoms with Crippen LogP contribution in [-0.4, -0.2) is 57.0 Å².